The number of aromatic nitrogens is 3. The zero-order valence-electron chi connectivity index (χ0n) is 15.4. The van der Waals surface area contributed by atoms with Crippen LogP contribution >= 0.6 is 22.9 Å². The number of ether oxygens (including phenoxy) is 1. The molecule has 142 valence electrons. The Morgan fingerprint density at radius 3 is 2.79 bits per heavy atom. The van der Waals surface area contributed by atoms with Crippen molar-refractivity contribution in [3.63, 3.8) is 0 Å². The van der Waals surface area contributed by atoms with Crippen molar-refractivity contribution in [1.82, 2.24) is 15.0 Å². The van der Waals surface area contributed by atoms with E-state index in [4.69, 9.17) is 16.3 Å². The molecule has 6 nitrogen and oxygen atoms in total. The quantitative estimate of drug-likeness (QED) is 0.388. The van der Waals surface area contributed by atoms with Gasteiger partial charge in [-0.1, -0.05) is 29.8 Å². The van der Waals surface area contributed by atoms with Gasteiger partial charge < -0.3 is 9.72 Å². The number of esters is 1. The minimum absolute atomic E-state index is 0.204. The summed E-state index contributed by atoms with van der Waals surface area (Å²) in [5.41, 5.74) is 1.60. The molecule has 8 heteroatoms. The first-order valence-electron chi connectivity index (χ1n) is 8.61. The number of carbonyl (C=O) groups excluding carboxylic acids is 1. The van der Waals surface area contributed by atoms with E-state index in [-0.39, 0.29) is 10.7 Å². The number of carbonyl (C=O) groups is 1. The van der Waals surface area contributed by atoms with Crippen LogP contribution in [0.3, 0.4) is 0 Å². The van der Waals surface area contributed by atoms with E-state index in [2.05, 4.69) is 15.0 Å². The Labute approximate surface area is 169 Å². The summed E-state index contributed by atoms with van der Waals surface area (Å²) < 4.78 is 5.57. The Balaban J connectivity index is 1.69. The molecule has 0 radical (unpaired) electrons. The third-order valence-electron chi connectivity index (χ3n) is 4.63. The predicted molar refractivity (Wildman–Crippen MR) is 110 cm³/mol. The summed E-state index contributed by atoms with van der Waals surface area (Å²) in [6.07, 6.45) is -0.738. The first-order valence-corrected chi connectivity index (χ1v) is 9.80. The smallest absolute Gasteiger partial charge is 0.339 e. The van der Waals surface area contributed by atoms with E-state index in [1.807, 2.05) is 26.0 Å². The molecule has 0 unspecified atom stereocenters. The first kappa shape index (κ1) is 18.6. The molecule has 3 aromatic heterocycles. The van der Waals surface area contributed by atoms with Crippen LogP contribution in [0.1, 0.15) is 39.7 Å². The minimum atomic E-state index is -0.738. The predicted octanol–water partition coefficient (Wildman–Crippen LogP) is 4.72. The molecule has 1 atom stereocenters. The Morgan fingerprint density at radius 1 is 1.25 bits per heavy atom. The van der Waals surface area contributed by atoms with Crippen molar-refractivity contribution in [1.29, 1.82) is 0 Å². The van der Waals surface area contributed by atoms with Crippen molar-refractivity contribution < 1.29 is 9.53 Å². The zero-order valence-corrected chi connectivity index (χ0v) is 16.9. The van der Waals surface area contributed by atoms with Crippen LogP contribution in [-0.4, -0.2) is 20.9 Å². The third-order valence-corrected chi connectivity index (χ3v) is 5.93. The van der Waals surface area contributed by atoms with Gasteiger partial charge in [0, 0.05) is 10.3 Å². The Morgan fingerprint density at radius 2 is 2.00 bits per heavy atom. The molecule has 4 rings (SSSR count). The van der Waals surface area contributed by atoms with Gasteiger partial charge in [-0.3, -0.25) is 4.79 Å². The normalized spacial score (nSPS) is 12.4. The van der Waals surface area contributed by atoms with Crippen molar-refractivity contribution in [3.05, 3.63) is 67.7 Å². The Hall–Kier alpha value is -2.77. The number of nitrogens with one attached hydrogen (secondary N) is 1. The highest BCUT2D eigenvalue weighted by Crippen LogP contribution is 2.28. The van der Waals surface area contributed by atoms with Crippen molar-refractivity contribution in [2.24, 2.45) is 0 Å². The van der Waals surface area contributed by atoms with Gasteiger partial charge in [0.2, 0.25) is 0 Å². The summed E-state index contributed by atoms with van der Waals surface area (Å²) in [6, 6.07) is 8.66. The molecule has 0 bridgehead atoms. The number of aromatic amines is 1. The van der Waals surface area contributed by atoms with Gasteiger partial charge in [0.15, 0.2) is 11.9 Å². The van der Waals surface area contributed by atoms with Gasteiger partial charge in [0.25, 0.3) is 5.56 Å². The van der Waals surface area contributed by atoms with Crippen LogP contribution in [0.25, 0.3) is 21.1 Å². The lowest BCUT2D eigenvalue weighted by molar-refractivity contribution is 0.0322. The molecule has 0 saturated carbocycles. The van der Waals surface area contributed by atoms with E-state index in [0.29, 0.717) is 32.5 Å². The molecule has 28 heavy (non-hydrogen) atoms. The van der Waals surface area contributed by atoms with Crippen LogP contribution in [0.5, 0.6) is 0 Å². The van der Waals surface area contributed by atoms with Gasteiger partial charge in [-0.2, -0.15) is 0 Å². The number of aryl methyl sites for hydroxylation is 2. The van der Waals surface area contributed by atoms with Crippen LogP contribution in [-0.2, 0) is 4.74 Å². The number of H-pyrrole nitrogens is 1. The summed E-state index contributed by atoms with van der Waals surface area (Å²) in [5.74, 6) is -0.258. The average molecular weight is 414 g/mol. The summed E-state index contributed by atoms with van der Waals surface area (Å²) in [4.78, 5) is 38.3. The largest absolute Gasteiger partial charge is 0.451 e. The molecule has 1 N–H and O–H groups in total. The molecule has 0 fully saturated rings. The second-order valence-electron chi connectivity index (χ2n) is 6.47. The number of para-hydroxylation sites is 1. The number of halogens is 1. The fourth-order valence-corrected chi connectivity index (χ4v) is 4.29. The first-order chi connectivity index (χ1) is 13.3. The van der Waals surface area contributed by atoms with Crippen LogP contribution in [0.4, 0.5) is 0 Å². The van der Waals surface area contributed by atoms with Crippen LogP contribution < -0.4 is 5.56 Å². The second kappa shape index (κ2) is 7.00. The average Bonchev–Trinajstić information content (AvgIpc) is 2.95. The van der Waals surface area contributed by atoms with Crippen molar-refractivity contribution in [2.75, 3.05) is 0 Å². The van der Waals surface area contributed by atoms with E-state index in [1.165, 1.54) is 17.4 Å². The van der Waals surface area contributed by atoms with Crippen LogP contribution in [0, 0.1) is 13.8 Å². The summed E-state index contributed by atoms with van der Waals surface area (Å²) in [5, 5.41) is 1.43. The van der Waals surface area contributed by atoms with Crippen LogP contribution in [0.15, 0.2) is 35.1 Å². The summed E-state index contributed by atoms with van der Waals surface area (Å²) in [6.45, 7) is 5.51. The summed E-state index contributed by atoms with van der Waals surface area (Å²) in [7, 11) is 0. The molecule has 0 saturated heterocycles. The molecular weight excluding hydrogens is 398 g/mol. The maximum Gasteiger partial charge on any atom is 0.339 e. The highest BCUT2D eigenvalue weighted by molar-refractivity contribution is 7.18. The van der Waals surface area contributed by atoms with Crippen molar-refractivity contribution in [2.45, 2.75) is 26.9 Å². The molecule has 3 heterocycles. The highest BCUT2D eigenvalue weighted by Gasteiger charge is 2.21. The standard InChI is InChI=1S/C20H16ClN3O3S/c1-9-11(3)28-19-16(9)18(25)23-17(24-19)10(2)27-20(26)13-8-15(21)22-14-7-5-4-6-12(13)14/h4-8,10H,1-3H3,(H,23,24,25)/t10-/m1/s1. The van der Waals surface area contributed by atoms with E-state index in [1.54, 1.807) is 19.1 Å². The fourth-order valence-electron chi connectivity index (χ4n) is 3.06. The number of nitrogens with zero attached hydrogens (tertiary/aromatic N) is 2. The van der Waals surface area contributed by atoms with E-state index in [0.717, 1.165) is 10.4 Å². The lowest BCUT2D eigenvalue weighted by atomic mass is 10.1. The van der Waals surface area contributed by atoms with Gasteiger partial charge in [-0.25, -0.2) is 14.8 Å². The minimum Gasteiger partial charge on any atom is -0.451 e. The lowest BCUT2D eigenvalue weighted by Crippen LogP contribution is -2.17. The topological polar surface area (TPSA) is 84.9 Å². The number of fused-ring (bicyclic) bond motifs is 2. The second-order valence-corrected chi connectivity index (χ2v) is 8.06. The number of hydrogen-bond acceptors (Lipinski definition) is 6. The molecule has 0 aliphatic carbocycles. The van der Waals surface area contributed by atoms with E-state index in [9.17, 15) is 9.59 Å². The third kappa shape index (κ3) is 3.16. The Bertz CT molecular complexity index is 1300. The van der Waals surface area contributed by atoms with Crippen molar-refractivity contribution in [3.8, 4) is 0 Å². The molecule has 0 aliphatic rings. The van der Waals surface area contributed by atoms with Gasteiger partial charge in [0.05, 0.1) is 16.5 Å². The molecule has 0 amide bonds. The number of hydrogen-bond donors (Lipinski definition) is 1. The number of rotatable bonds is 3. The zero-order chi connectivity index (χ0) is 20.0. The van der Waals surface area contributed by atoms with E-state index >= 15 is 0 Å². The Kier molecular flexibility index (Phi) is 4.64. The van der Waals surface area contributed by atoms with Gasteiger partial charge in [-0.15, -0.1) is 11.3 Å². The molecular formula is C20H16ClN3O3S. The van der Waals surface area contributed by atoms with Crippen LogP contribution in [0.2, 0.25) is 5.15 Å². The number of pyridine rings is 1. The van der Waals surface area contributed by atoms with Gasteiger partial charge in [-0.05, 0) is 38.5 Å². The van der Waals surface area contributed by atoms with Gasteiger partial charge >= 0.3 is 5.97 Å². The maximum absolute atomic E-state index is 12.8. The molecule has 0 spiro atoms. The fraction of sp³-hybridized carbons (Fsp3) is 0.200. The van der Waals surface area contributed by atoms with Gasteiger partial charge in [0.1, 0.15) is 9.98 Å². The maximum atomic E-state index is 12.8. The summed E-state index contributed by atoms with van der Waals surface area (Å²) >= 11 is 7.49. The molecule has 1 aromatic carbocycles. The molecule has 4 aromatic rings. The molecule has 0 aliphatic heterocycles. The highest BCUT2D eigenvalue weighted by atomic mass is 35.5. The lowest BCUT2D eigenvalue weighted by Gasteiger charge is -2.14. The van der Waals surface area contributed by atoms with E-state index < -0.39 is 12.1 Å². The SMILES string of the molecule is Cc1sc2nc([C@@H](C)OC(=O)c3cc(Cl)nc4ccccc34)[nH]c(=O)c2c1C. The number of benzene rings is 1. The number of thiophene rings is 1. The monoisotopic (exact) mass is 413 g/mol. The van der Waals surface area contributed by atoms with Crippen molar-refractivity contribution >= 4 is 50.0 Å².